The molecule has 1 aliphatic carbocycles. The highest BCUT2D eigenvalue weighted by molar-refractivity contribution is 5.77. The highest BCUT2D eigenvalue weighted by atomic mass is 16.6. The lowest BCUT2D eigenvalue weighted by molar-refractivity contribution is -0.160. The van der Waals surface area contributed by atoms with Gasteiger partial charge in [-0.3, -0.25) is 9.59 Å². The number of aliphatic hydroxyl groups is 1. The normalized spacial score (nSPS) is 26.4. The number of nitrogens with one attached hydrogen (secondary N) is 1. The SMILES string of the molecule is COCC(=O)NC[C@H]1CC(C(=O)OC(C)(C)C)C[C@H]1O. The predicted molar refractivity (Wildman–Crippen MR) is 73.0 cm³/mol. The molecular formula is C14H25NO5. The molecule has 0 saturated heterocycles. The van der Waals surface area contributed by atoms with Crippen LogP contribution in [-0.2, 0) is 19.1 Å². The lowest BCUT2D eigenvalue weighted by Gasteiger charge is -2.22. The topological polar surface area (TPSA) is 84.9 Å². The summed E-state index contributed by atoms with van der Waals surface area (Å²) in [6, 6.07) is 0. The van der Waals surface area contributed by atoms with E-state index in [0.29, 0.717) is 19.4 Å². The van der Waals surface area contributed by atoms with Crippen LogP contribution in [0.1, 0.15) is 33.6 Å². The second kappa shape index (κ2) is 7.04. The summed E-state index contributed by atoms with van der Waals surface area (Å²) < 4.78 is 10.0. The number of hydrogen-bond donors (Lipinski definition) is 2. The molecule has 1 fully saturated rings. The van der Waals surface area contributed by atoms with Crippen LogP contribution in [0.4, 0.5) is 0 Å². The van der Waals surface area contributed by atoms with Gasteiger partial charge in [-0.1, -0.05) is 0 Å². The molecule has 0 aromatic carbocycles. The largest absolute Gasteiger partial charge is 0.460 e. The molecule has 1 unspecified atom stereocenters. The number of ether oxygens (including phenoxy) is 2. The summed E-state index contributed by atoms with van der Waals surface area (Å²) in [4.78, 5) is 23.3. The zero-order chi connectivity index (χ0) is 15.3. The first kappa shape index (κ1) is 16.9. The van der Waals surface area contributed by atoms with Gasteiger partial charge in [0.05, 0.1) is 12.0 Å². The molecule has 0 aliphatic heterocycles. The quantitative estimate of drug-likeness (QED) is 0.718. The van der Waals surface area contributed by atoms with Crippen LogP contribution < -0.4 is 5.32 Å². The number of esters is 1. The van der Waals surface area contributed by atoms with Crippen molar-refractivity contribution in [1.82, 2.24) is 5.32 Å². The molecule has 1 rings (SSSR count). The van der Waals surface area contributed by atoms with Crippen LogP contribution in [0.15, 0.2) is 0 Å². The molecule has 0 aromatic heterocycles. The van der Waals surface area contributed by atoms with Crippen molar-refractivity contribution in [1.29, 1.82) is 0 Å². The lowest BCUT2D eigenvalue weighted by atomic mass is 10.0. The van der Waals surface area contributed by atoms with Gasteiger partial charge in [0.1, 0.15) is 12.2 Å². The Labute approximate surface area is 119 Å². The van der Waals surface area contributed by atoms with Crippen LogP contribution in [0, 0.1) is 11.8 Å². The van der Waals surface area contributed by atoms with Crippen LogP contribution in [0.3, 0.4) is 0 Å². The highest BCUT2D eigenvalue weighted by Gasteiger charge is 2.38. The van der Waals surface area contributed by atoms with Crippen molar-refractivity contribution in [2.75, 3.05) is 20.3 Å². The second-order valence-electron chi connectivity index (χ2n) is 6.27. The fraction of sp³-hybridized carbons (Fsp3) is 0.857. The Bertz CT molecular complexity index is 350. The summed E-state index contributed by atoms with van der Waals surface area (Å²) in [7, 11) is 1.45. The molecular weight excluding hydrogens is 262 g/mol. The summed E-state index contributed by atoms with van der Waals surface area (Å²) in [5.41, 5.74) is -0.521. The average Bonchev–Trinajstić information content (AvgIpc) is 2.66. The Morgan fingerprint density at radius 1 is 1.30 bits per heavy atom. The fourth-order valence-electron chi connectivity index (χ4n) is 2.33. The monoisotopic (exact) mass is 287 g/mol. The minimum atomic E-state index is -0.588. The van der Waals surface area contributed by atoms with E-state index in [1.165, 1.54) is 7.11 Å². The van der Waals surface area contributed by atoms with E-state index >= 15 is 0 Å². The summed E-state index contributed by atoms with van der Waals surface area (Å²) in [5.74, 6) is -0.912. The predicted octanol–water partition coefficient (Wildman–Crippen LogP) is 0.478. The summed E-state index contributed by atoms with van der Waals surface area (Å²) >= 11 is 0. The number of amides is 1. The van der Waals surface area contributed by atoms with Gasteiger partial charge < -0.3 is 19.9 Å². The van der Waals surface area contributed by atoms with Gasteiger partial charge in [-0.2, -0.15) is 0 Å². The third-order valence-electron chi connectivity index (χ3n) is 3.23. The average molecular weight is 287 g/mol. The lowest BCUT2D eigenvalue weighted by Crippen LogP contribution is -2.34. The molecule has 3 atom stereocenters. The third-order valence-corrected chi connectivity index (χ3v) is 3.23. The van der Waals surface area contributed by atoms with Gasteiger partial charge in [-0.05, 0) is 33.6 Å². The highest BCUT2D eigenvalue weighted by Crippen LogP contribution is 2.32. The first-order valence-corrected chi connectivity index (χ1v) is 6.89. The van der Waals surface area contributed by atoms with Crippen molar-refractivity contribution in [3.63, 3.8) is 0 Å². The smallest absolute Gasteiger partial charge is 0.309 e. The van der Waals surface area contributed by atoms with E-state index in [9.17, 15) is 14.7 Å². The van der Waals surface area contributed by atoms with Crippen LogP contribution in [0.25, 0.3) is 0 Å². The van der Waals surface area contributed by atoms with E-state index in [4.69, 9.17) is 9.47 Å². The molecule has 20 heavy (non-hydrogen) atoms. The first-order chi connectivity index (χ1) is 9.23. The molecule has 0 bridgehead atoms. The standard InChI is InChI=1S/C14H25NO5/c1-14(2,3)20-13(18)9-5-10(11(16)6-9)7-15-12(17)8-19-4/h9-11,16H,5-8H2,1-4H3,(H,15,17)/t9?,10-,11-/m1/s1. The Balaban J connectivity index is 2.42. The zero-order valence-electron chi connectivity index (χ0n) is 12.6. The van der Waals surface area contributed by atoms with Gasteiger partial charge in [0.15, 0.2) is 0 Å². The maximum atomic E-state index is 12.0. The number of carbonyl (C=O) groups excluding carboxylic acids is 2. The van der Waals surface area contributed by atoms with Gasteiger partial charge in [-0.15, -0.1) is 0 Å². The van der Waals surface area contributed by atoms with Gasteiger partial charge in [0.2, 0.25) is 5.91 Å². The van der Waals surface area contributed by atoms with E-state index in [-0.39, 0.29) is 30.3 Å². The molecule has 0 aromatic rings. The van der Waals surface area contributed by atoms with Crippen molar-refractivity contribution in [2.45, 2.75) is 45.3 Å². The van der Waals surface area contributed by atoms with Crippen LogP contribution in [0.5, 0.6) is 0 Å². The molecule has 1 amide bonds. The Kier molecular flexibility index (Phi) is 5.95. The fourth-order valence-corrected chi connectivity index (χ4v) is 2.33. The number of methoxy groups -OCH3 is 1. The number of hydrogen-bond acceptors (Lipinski definition) is 5. The molecule has 0 spiro atoms. The number of rotatable bonds is 5. The van der Waals surface area contributed by atoms with Gasteiger partial charge >= 0.3 is 5.97 Å². The zero-order valence-corrected chi connectivity index (χ0v) is 12.6. The van der Waals surface area contributed by atoms with E-state index in [2.05, 4.69) is 5.32 Å². The van der Waals surface area contributed by atoms with Gasteiger partial charge in [-0.25, -0.2) is 0 Å². The molecule has 116 valence electrons. The Hall–Kier alpha value is -1.14. The van der Waals surface area contributed by atoms with Crippen molar-refractivity contribution in [2.24, 2.45) is 11.8 Å². The van der Waals surface area contributed by atoms with Crippen molar-refractivity contribution in [3.05, 3.63) is 0 Å². The molecule has 0 radical (unpaired) electrons. The van der Waals surface area contributed by atoms with Crippen LogP contribution >= 0.6 is 0 Å². The summed E-state index contributed by atoms with van der Waals surface area (Å²) in [6.07, 6.45) is 0.332. The molecule has 6 nitrogen and oxygen atoms in total. The maximum Gasteiger partial charge on any atom is 0.309 e. The third kappa shape index (κ3) is 5.46. The Morgan fingerprint density at radius 3 is 2.50 bits per heavy atom. The second-order valence-corrected chi connectivity index (χ2v) is 6.27. The molecule has 2 N–H and O–H groups in total. The van der Waals surface area contributed by atoms with Crippen molar-refractivity contribution >= 4 is 11.9 Å². The van der Waals surface area contributed by atoms with E-state index in [1.54, 1.807) is 0 Å². The van der Waals surface area contributed by atoms with Crippen LogP contribution in [-0.4, -0.2) is 48.9 Å². The van der Waals surface area contributed by atoms with E-state index in [1.807, 2.05) is 20.8 Å². The Morgan fingerprint density at radius 2 is 1.95 bits per heavy atom. The molecule has 1 aliphatic rings. The maximum absolute atomic E-state index is 12.0. The molecule has 0 heterocycles. The molecule has 1 saturated carbocycles. The number of carbonyl (C=O) groups is 2. The first-order valence-electron chi connectivity index (χ1n) is 6.89. The van der Waals surface area contributed by atoms with Crippen molar-refractivity contribution < 1.29 is 24.2 Å². The van der Waals surface area contributed by atoms with Gasteiger partial charge in [0.25, 0.3) is 0 Å². The van der Waals surface area contributed by atoms with Crippen molar-refractivity contribution in [3.8, 4) is 0 Å². The summed E-state index contributed by atoms with van der Waals surface area (Å²) in [6.45, 7) is 5.80. The minimum Gasteiger partial charge on any atom is -0.460 e. The van der Waals surface area contributed by atoms with Gasteiger partial charge in [0, 0.05) is 19.6 Å². The molecule has 6 heteroatoms. The minimum absolute atomic E-state index is 0.00168. The summed E-state index contributed by atoms with van der Waals surface area (Å²) in [5, 5.41) is 12.6. The van der Waals surface area contributed by atoms with Crippen LogP contribution in [0.2, 0.25) is 0 Å². The van der Waals surface area contributed by atoms with E-state index < -0.39 is 11.7 Å². The van der Waals surface area contributed by atoms with E-state index in [0.717, 1.165) is 0 Å². The number of aliphatic hydroxyl groups excluding tert-OH is 1.